The first kappa shape index (κ1) is 12.6. The van der Waals surface area contributed by atoms with Crippen molar-refractivity contribution < 1.29 is 8.42 Å². The predicted octanol–water partition coefficient (Wildman–Crippen LogP) is 0.819. The fraction of sp³-hybridized carbons (Fsp3) is 0.462. The molecule has 1 atom stereocenters. The number of benzene rings is 1. The zero-order chi connectivity index (χ0) is 13.5. The van der Waals surface area contributed by atoms with Crippen LogP contribution in [0.25, 0.3) is 0 Å². The second-order valence-corrected chi connectivity index (χ2v) is 6.51. The van der Waals surface area contributed by atoms with Crippen molar-refractivity contribution >= 4 is 15.9 Å². The minimum atomic E-state index is -3.50. The molecule has 102 valence electrons. The van der Waals surface area contributed by atoms with Crippen molar-refractivity contribution in [1.82, 2.24) is 10.2 Å². The summed E-state index contributed by atoms with van der Waals surface area (Å²) in [7, 11) is -1.59. The minimum absolute atomic E-state index is 0.324. The number of hydrogen-bond donors (Lipinski definition) is 1. The number of amidine groups is 1. The largest absolute Gasteiger partial charge is 0.351 e. The van der Waals surface area contributed by atoms with Crippen molar-refractivity contribution in [3.8, 4) is 0 Å². The van der Waals surface area contributed by atoms with Crippen molar-refractivity contribution in [2.24, 2.45) is 4.40 Å². The smallest absolute Gasteiger partial charge is 0.285 e. The van der Waals surface area contributed by atoms with Crippen LogP contribution in [-0.4, -0.2) is 45.3 Å². The number of fused-ring (bicyclic) bond motifs is 1. The van der Waals surface area contributed by atoms with Crippen LogP contribution in [0.2, 0.25) is 0 Å². The van der Waals surface area contributed by atoms with Gasteiger partial charge in [0, 0.05) is 24.7 Å². The molecule has 0 amide bonds. The lowest BCUT2D eigenvalue weighted by Crippen LogP contribution is -2.40. The van der Waals surface area contributed by atoms with Crippen LogP contribution in [-0.2, 0) is 10.0 Å². The highest BCUT2D eigenvalue weighted by atomic mass is 32.2. The second kappa shape index (κ2) is 4.61. The summed E-state index contributed by atoms with van der Waals surface area (Å²) in [5, 5.41) is 3.16. The van der Waals surface area contributed by atoms with Crippen LogP contribution < -0.4 is 5.32 Å². The Hall–Kier alpha value is -1.40. The predicted molar refractivity (Wildman–Crippen MR) is 73.8 cm³/mol. The lowest BCUT2D eigenvalue weighted by atomic mass is 10.1. The van der Waals surface area contributed by atoms with Crippen molar-refractivity contribution in [3.63, 3.8) is 0 Å². The minimum Gasteiger partial charge on any atom is -0.351 e. The summed E-state index contributed by atoms with van der Waals surface area (Å²) in [6.45, 7) is 1.72. The number of nitrogens with zero attached hydrogens (tertiary/aromatic N) is 2. The Morgan fingerprint density at radius 1 is 1.42 bits per heavy atom. The van der Waals surface area contributed by atoms with Gasteiger partial charge in [-0.3, -0.25) is 0 Å². The van der Waals surface area contributed by atoms with Gasteiger partial charge in [0.1, 0.15) is 4.90 Å². The van der Waals surface area contributed by atoms with E-state index in [2.05, 4.69) is 14.6 Å². The normalized spacial score (nSPS) is 24.4. The number of sulfonamides is 1. The molecule has 0 radical (unpaired) electrons. The number of likely N-dealkylation sites (tertiary alicyclic amines) is 1. The Labute approximate surface area is 113 Å². The van der Waals surface area contributed by atoms with Gasteiger partial charge in [-0.1, -0.05) is 12.1 Å². The molecular weight excluding hydrogens is 262 g/mol. The van der Waals surface area contributed by atoms with Crippen LogP contribution in [0.15, 0.2) is 33.6 Å². The number of likely N-dealkylation sites (N-methyl/N-ethyl adjacent to an activating group) is 1. The Morgan fingerprint density at radius 3 is 3.00 bits per heavy atom. The number of rotatable bonds is 2. The topological polar surface area (TPSA) is 61.8 Å². The molecule has 0 spiro atoms. The average Bonchev–Trinajstić information content (AvgIpc) is 2.94. The van der Waals surface area contributed by atoms with Gasteiger partial charge in [0.05, 0.1) is 0 Å². The highest BCUT2D eigenvalue weighted by Gasteiger charge is 2.35. The fourth-order valence-electron chi connectivity index (χ4n) is 2.86. The van der Waals surface area contributed by atoms with E-state index in [1.807, 2.05) is 19.2 Å². The van der Waals surface area contributed by atoms with Crippen molar-refractivity contribution in [3.05, 3.63) is 29.8 Å². The highest BCUT2D eigenvalue weighted by Crippen LogP contribution is 2.30. The first-order chi connectivity index (χ1) is 9.13. The summed E-state index contributed by atoms with van der Waals surface area (Å²) >= 11 is 0. The molecule has 1 aromatic rings. The van der Waals surface area contributed by atoms with Gasteiger partial charge in [-0.15, -0.1) is 4.40 Å². The molecule has 19 heavy (non-hydrogen) atoms. The van der Waals surface area contributed by atoms with Crippen LogP contribution in [0.3, 0.4) is 0 Å². The zero-order valence-corrected chi connectivity index (χ0v) is 11.7. The summed E-state index contributed by atoms with van der Waals surface area (Å²) in [5.74, 6) is 0.619. The summed E-state index contributed by atoms with van der Waals surface area (Å²) in [5.41, 5.74) is 0.741. The third-order valence-corrected chi connectivity index (χ3v) is 5.03. The van der Waals surface area contributed by atoms with E-state index in [0.29, 0.717) is 16.8 Å². The molecule has 0 saturated carbocycles. The molecule has 1 unspecified atom stereocenters. The third kappa shape index (κ3) is 2.04. The number of nitrogens with one attached hydrogen (secondary N) is 1. The average molecular weight is 279 g/mol. The van der Waals surface area contributed by atoms with Crippen molar-refractivity contribution in [2.75, 3.05) is 20.1 Å². The maximum absolute atomic E-state index is 12.1. The Kier molecular flexibility index (Phi) is 3.06. The van der Waals surface area contributed by atoms with E-state index in [1.54, 1.807) is 12.1 Å². The molecule has 2 heterocycles. The van der Waals surface area contributed by atoms with Crippen LogP contribution >= 0.6 is 0 Å². The summed E-state index contributed by atoms with van der Waals surface area (Å²) in [6.07, 6.45) is 2.15. The van der Waals surface area contributed by atoms with Gasteiger partial charge in [0.15, 0.2) is 5.84 Å². The van der Waals surface area contributed by atoms with E-state index in [1.165, 1.54) is 0 Å². The summed E-state index contributed by atoms with van der Waals surface area (Å²) in [6, 6.07) is 7.39. The van der Waals surface area contributed by atoms with Gasteiger partial charge >= 0.3 is 0 Å². The van der Waals surface area contributed by atoms with Gasteiger partial charge < -0.3 is 10.2 Å². The molecule has 6 heteroatoms. The lowest BCUT2D eigenvalue weighted by molar-refractivity contribution is 0.380. The van der Waals surface area contributed by atoms with Crippen LogP contribution in [0.1, 0.15) is 18.4 Å². The van der Waals surface area contributed by atoms with Gasteiger partial charge in [-0.05, 0) is 32.0 Å². The van der Waals surface area contributed by atoms with Gasteiger partial charge in [0.2, 0.25) is 0 Å². The molecule has 1 fully saturated rings. The van der Waals surface area contributed by atoms with E-state index >= 15 is 0 Å². The maximum atomic E-state index is 12.1. The molecule has 0 aromatic heterocycles. The Morgan fingerprint density at radius 2 is 2.21 bits per heavy atom. The summed E-state index contributed by atoms with van der Waals surface area (Å²) < 4.78 is 28.1. The first-order valence-electron chi connectivity index (χ1n) is 6.49. The van der Waals surface area contributed by atoms with E-state index in [0.717, 1.165) is 31.5 Å². The van der Waals surface area contributed by atoms with E-state index < -0.39 is 10.0 Å². The SMILES string of the molecule is CNCC1CCCN1C1=NS(=O)(=O)c2ccccc21. The van der Waals surface area contributed by atoms with Gasteiger partial charge in [0.25, 0.3) is 10.0 Å². The molecule has 0 aliphatic carbocycles. The Balaban J connectivity index is 2.03. The lowest BCUT2D eigenvalue weighted by Gasteiger charge is -2.26. The fourth-order valence-corrected chi connectivity index (χ4v) is 4.08. The van der Waals surface area contributed by atoms with E-state index in [9.17, 15) is 8.42 Å². The van der Waals surface area contributed by atoms with Gasteiger partial charge in [-0.25, -0.2) is 0 Å². The molecule has 0 bridgehead atoms. The molecular formula is C13H17N3O2S. The van der Waals surface area contributed by atoms with Crippen LogP contribution in [0.4, 0.5) is 0 Å². The maximum Gasteiger partial charge on any atom is 0.285 e. The van der Waals surface area contributed by atoms with Crippen LogP contribution in [0.5, 0.6) is 0 Å². The third-order valence-electron chi connectivity index (χ3n) is 3.70. The molecule has 5 nitrogen and oxygen atoms in total. The number of hydrogen-bond acceptors (Lipinski definition) is 4. The second-order valence-electron chi connectivity index (χ2n) is 4.93. The first-order valence-corrected chi connectivity index (χ1v) is 7.93. The molecule has 1 saturated heterocycles. The summed E-state index contributed by atoms with van der Waals surface area (Å²) in [4.78, 5) is 2.46. The molecule has 1 N–H and O–H groups in total. The Bertz CT molecular complexity index is 625. The van der Waals surface area contributed by atoms with Gasteiger partial charge in [-0.2, -0.15) is 8.42 Å². The zero-order valence-electron chi connectivity index (χ0n) is 10.8. The molecule has 2 aliphatic rings. The van der Waals surface area contributed by atoms with Crippen molar-refractivity contribution in [2.45, 2.75) is 23.8 Å². The quantitative estimate of drug-likeness (QED) is 0.870. The molecule has 3 rings (SSSR count). The molecule has 1 aromatic carbocycles. The monoisotopic (exact) mass is 279 g/mol. The van der Waals surface area contributed by atoms with Crippen LogP contribution in [0, 0.1) is 0 Å². The molecule has 2 aliphatic heterocycles. The standard InChI is InChI=1S/C13H17N3O2S/c1-14-9-10-5-4-8-16(10)13-11-6-2-3-7-12(11)19(17,18)15-13/h2-3,6-7,10,14H,4-5,8-9H2,1H3. The van der Waals surface area contributed by atoms with E-state index in [4.69, 9.17) is 0 Å². The van der Waals surface area contributed by atoms with Crippen molar-refractivity contribution in [1.29, 1.82) is 0 Å². The van der Waals surface area contributed by atoms with E-state index in [-0.39, 0.29) is 0 Å². The highest BCUT2D eigenvalue weighted by molar-refractivity contribution is 7.90.